The molecule has 0 bridgehead atoms. The van der Waals surface area contributed by atoms with Crippen molar-refractivity contribution < 1.29 is 13.2 Å². The number of carbonyl (C=O) groups excluding carboxylic acids is 1. The fourth-order valence-electron chi connectivity index (χ4n) is 3.01. The smallest absolute Gasteiger partial charge is 0.244 e. The Morgan fingerprint density at radius 3 is 2.24 bits per heavy atom. The van der Waals surface area contributed by atoms with Gasteiger partial charge in [0.25, 0.3) is 0 Å². The maximum absolute atomic E-state index is 12.6. The Labute approximate surface area is 174 Å². The Morgan fingerprint density at radius 1 is 1.14 bits per heavy atom. The highest BCUT2D eigenvalue weighted by molar-refractivity contribution is 7.89. The topological polar surface area (TPSA) is 79.4 Å². The van der Waals surface area contributed by atoms with Gasteiger partial charge in [0.05, 0.1) is 12.6 Å². The minimum absolute atomic E-state index is 0.0540. The monoisotopic (exact) mass is 417 g/mol. The molecular formula is C22H31N3O3S. The maximum atomic E-state index is 12.6. The van der Waals surface area contributed by atoms with Crippen LogP contribution in [0, 0.1) is 5.92 Å². The predicted octanol–water partition coefficient (Wildman–Crippen LogP) is 3.51. The number of aromatic nitrogens is 1. The van der Waals surface area contributed by atoms with E-state index in [1.165, 1.54) is 31.1 Å². The molecule has 0 aliphatic heterocycles. The number of sulfonamides is 1. The SMILES string of the molecule is CC(C)C(NC(=O)CN(C)S(=O)(=O)c1cccnc1)c1ccc(C(C)(C)C)cc1. The second kappa shape index (κ2) is 9.05. The first-order valence-corrected chi connectivity index (χ1v) is 11.1. The van der Waals surface area contributed by atoms with Crippen LogP contribution in [0.4, 0.5) is 0 Å². The summed E-state index contributed by atoms with van der Waals surface area (Å²) in [4.78, 5) is 16.5. The van der Waals surface area contributed by atoms with Gasteiger partial charge in [0.15, 0.2) is 0 Å². The summed E-state index contributed by atoms with van der Waals surface area (Å²) < 4.78 is 26.2. The first-order chi connectivity index (χ1) is 13.4. The van der Waals surface area contributed by atoms with E-state index >= 15 is 0 Å². The van der Waals surface area contributed by atoms with Crippen molar-refractivity contribution in [3.8, 4) is 0 Å². The molecule has 7 heteroatoms. The second-order valence-electron chi connectivity index (χ2n) is 8.61. The van der Waals surface area contributed by atoms with Gasteiger partial charge in [0.1, 0.15) is 4.90 Å². The van der Waals surface area contributed by atoms with Crippen molar-refractivity contribution >= 4 is 15.9 Å². The molecule has 0 radical (unpaired) electrons. The first-order valence-electron chi connectivity index (χ1n) is 9.69. The summed E-state index contributed by atoms with van der Waals surface area (Å²) in [7, 11) is -2.37. The number of rotatable bonds is 7. The zero-order chi connectivity index (χ0) is 21.8. The fraction of sp³-hybridized carbons (Fsp3) is 0.455. The van der Waals surface area contributed by atoms with Crippen LogP contribution in [0.25, 0.3) is 0 Å². The summed E-state index contributed by atoms with van der Waals surface area (Å²) in [6.45, 7) is 10.3. The molecule has 2 aromatic rings. The molecule has 0 spiro atoms. The number of amides is 1. The van der Waals surface area contributed by atoms with Crippen molar-refractivity contribution in [1.29, 1.82) is 0 Å². The largest absolute Gasteiger partial charge is 0.348 e. The van der Waals surface area contributed by atoms with Gasteiger partial charge in [-0.1, -0.05) is 58.9 Å². The summed E-state index contributed by atoms with van der Waals surface area (Å²) in [5.74, 6) is -0.196. The van der Waals surface area contributed by atoms with Crippen LogP contribution >= 0.6 is 0 Å². The number of hydrogen-bond acceptors (Lipinski definition) is 4. The summed E-state index contributed by atoms with van der Waals surface area (Å²) in [5, 5.41) is 2.98. The van der Waals surface area contributed by atoms with Crippen LogP contribution in [-0.2, 0) is 20.2 Å². The Hall–Kier alpha value is -2.25. The molecule has 0 saturated carbocycles. The quantitative estimate of drug-likeness (QED) is 0.748. The number of hydrogen-bond donors (Lipinski definition) is 1. The summed E-state index contributed by atoms with van der Waals surface area (Å²) >= 11 is 0. The number of nitrogens with one attached hydrogen (secondary N) is 1. The van der Waals surface area contributed by atoms with E-state index in [1.807, 2.05) is 26.0 Å². The standard InChI is InChI=1S/C22H31N3O3S/c1-16(2)21(17-9-11-18(12-10-17)22(3,4)5)24-20(26)15-25(6)29(27,28)19-8-7-13-23-14-19/h7-14,16,21H,15H2,1-6H3,(H,24,26). The third kappa shape index (κ3) is 5.87. The third-order valence-electron chi connectivity index (χ3n) is 4.83. The van der Waals surface area contributed by atoms with E-state index in [2.05, 4.69) is 43.2 Å². The van der Waals surface area contributed by atoms with Gasteiger partial charge in [0.2, 0.25) is 15.9 Å². The Balaban J connectivity index is 2.12. The normalized spacial score (nSPS) is 13.5. The van der Waals surface area contributed by atoms with E-state index in [1.54, 1.807) is 6.07 Å². The Morgan fingerprint density at radius 2 is 1.76 bits per heavy atom. The molecule has 1 aromatic heterocycles. The van der Waals surface area contributed by atoms with Crippen LogP contribution in [0.5, 0.6) is 0 Å². The van der Waals surface area contributed by atoms with Gasteiger partial charge in [-0.15, -0.1) is 0 Å². The van der Waals surface area contributed by atoms with E-state index in [0.29, 0.717) is 0 Å². The molecule has 1 amide bonds. The first kappa shape index (κ1) is 23.0. The van der Waals surface area contributed by atoms with E-state index in [0.717, 1.165) is 9.87 Å². The molecule has 1 unspecified atom stereocenters. The van der Waals surface area contributed by atoms with Crippen LogP contribution in [0.15, 0.2) is 53.7 Å². The fourth-order valence-corrected chi connectivity index (χ4v) is 4.10. The molecular weight excluding hydrogens is 386 g/mol. The van der Waals surface area contributed by atoms with E-state index in [4.69, 9.17) is 0 Å². The maximum Gasteiger partial charge on any atom is 0.244 e. The minimum atomic E-state index is -3.77. The lowest BCUT2D eigenvalue weighted by Crippen LogP contribution is -2.41. The van der Waals surface area contributed by atoms with E-state index in [9.17, 15) is 13.2 Å². The Kier molecular flexibility index (Phi) is 7.19. The number of benzene rings is 1. The van der Waals surface area contributed by atoms with Gasteiger partial charge < -0.3 is 5.32 Å². The molecule has 29 heavy (non-hydrogen) atoms. The van der Waals surface area contributed by atoms with Gasteiger partial charge in [-0.25, -0.2) is 8.42 Å². The van der Waals surface area contributed by atoms with Crippen LogP contribution in [0.1, 0.15) is 51.8 Å². The molecule has 1 heterocycles. The zero-order valence-electron chi connectivity index (χ0n) is 18.0. The molecule has 1 N–H and O–H groups in total. The number of carbonyl (C=O) groups is 1. The van der Waals surface area contributed by atoms with Gasteiger partial charge in [-0.05, 0) is 34.6 Å². The van der Waals surface area contributed by atoms with Crippen molar-refractivity contribution in [2.75, 3.05) is 13.6 Å². The molecule has 0 aliphatic rings. The van der Waals surface area contributed by atoms with Gasteiger partial charge in [-0.2, -0.15) is 4.31 Å². The number of nitrogens with zero attached hydrogens (tertiary/aromatic N) is 2. The van der Waals surface area contributed by atoms with Gasteiger partial charge >= 0.3 is 0 Å². The highest BCUT2D eigenvalue weighted by atomic mass is 32.2. The predicted molar refractivity (Wildman–Crippen MR) is 115 cm³/mol. The minimum Gasteiger partial charge on any atom is -0.348 e. The van der Waals surface area contributed by atoms with Crippen molar-refractivity contribution in [2.45, 2.75) is 51.0 Å². The third-order valence-corrected chi connectivity index (χ3v) is 6.61. The summed E-state index contributed by atoms with van der Waals surface area (Å²) in [6.07, 6.45) is 2.78. The van der Waals surface area contributed by atoms with Gasteiger partial charge in [-0.3, -0.25) is 9.78 Å². The highest BCUT2D eigenvalue weighted by Crippen LogP contribution is 2.26. The van der Waals surface area contributed by atoms with Crippen molar-refractivity contribution in [2.24, 2.45) is 5.92 Å². The number of likely N-dealkylation sites (N-methyl/N-ethyl adjacent to an activating group) is 1. The molecule has 0 aliphatic carbocycles. The molecule has 1 atom stereocenters. The van der Waals surface area contributed by atoms with E-state index in [-0.39, 0.29) is 34.7 Å². The number of pyridine rings is 1. The molecule has 6 nitrogen and oxygen atoms in total. The molecule has 1 aromatic carbocycles. The average molecular weight is 418 g/mol. The van der Waals surface area contributed by atoms with Crippen LogP contribution in [0.2, 0.25) is 0 Å². The van der Waals surface area contributed by atoms with Crippen LogP contribution in [0.3, 0.4) is 0 Å². The second-order valence-corrected chi connectivity index (χ2v) is 10.7. The lowest BCUT2D eigenvalue weighted by molar-refractivity contribution is -0.122. The average Bonchev–Trinajstić information content (AvgIpc) is 2.66. The van der Waals surface area contributed by atoms with Crippen molar-refractivity contribution in [3.05, 3.63) is 59.9 Å². The summed E-state index contributed by atoms with van der Waals surface area (Å²) in [5.41, 5.74) is 2.27. The van der Waals surface area contributed by atoms with E-state index < -0.39 is 10.0 Å². The van der Waals surface area contributed by atoms with Crippen molar-refractivity contribution in [3.63, 3.8) is 0 Å². The van der Waals surface area contributed by atoms with Crippen molar-refractivity contribution in [1.82, 2.24) is 14.6 Å². The van der Waals surface area contributed by atoms with Crippen LogP contribution in [-0.4, -0.2) is 37.2 Å². The highest BCUT2D eigenvalue weighted by Gasteiger charge is 2.25. The summed E-state index contributed by atoms with van der Waals surface area (Å²) in [6, 6.07) is 11.0. The van der Waals surface area contributed by atoms with Crippen LogP contribution < -0.4 is 5.32 Å². The molecule has 158 valence electrons. The van der Waals surface area contributed by atoms with Gasteiger partial charge in [0, 0.05) is 19.4 Å². The lowest BCUT2D eigenvalue weighted by Gasteiger charge is -2.26. The lowest BCUT2D eigenvalue weighted by atomic mass is 9.85. The molecule has 0 saturated heterocycles. The molecule has 0 fully saturated rings. The zero-order valence-corrected chi connectivity index (χ0v) is 18.8. The Bertz CT molecular complexity index is 918. The molecule has 2 rings (SSSR count).